The molecule has 0 aliphatic carbocycles. The number of nitrogens with one attached hydrogen (secondary N) is 2. The fraction of sp³-hybridized carbons (Fsp3) is 0.500. The van der Waals surface area contributed by atoms with E-state index in [1.807, 2.05) is 14.0 Å². The maximum absolute atomic E-state index is 4.50. The van der Waals surface area contributed by atoms with Crippen LogP contribution in [0.1, 0.15) is 35.7 Å². The van der Waals surface area contributed by atoms with Gasteiger partial charge in [-0.05, 0) is 31.1 Å². The molecular formula is C20H32IN5S. The molecule has 5 nitrogen and oxygen atoms in total. The Morgan fingerprint density at radius 1 is 1.15 bits per heavy atom. The van der Waals surface area contributed by atoms with E-state index in [0.717, 1.165) is 55.8 Å². The molecule has 7 heteroatoms. The number of nitrogens with zero attached hydrogens (tertiary/aromatic N) is 3. The Hall–Kier alpha value is -1.19. The van der Waals surface area contributed by atoms with Gasteiger partial charge in [-0.25, -0.2) is 4.98 Å². The maximum atomic E-state index is 4.50. The van der Waals surface area contributed by atoms with Crippen molar-refractivity contribution in [1.29, 1.82) is 0 Å². The van der Waals surface area contributed by atoms with Crippen LogP contribution in [0.2, 0.25) is 0 Å². The molecule has 1 heterocycles. The van der Waals surface area contributed by atoms with E-state index in [0.29, 0.717) is 0 Å². The molecule has 0 spiro atoms. The summed E-state index contributed by atoms with van der Waals surface area (Å²) in [6, 6.07) is 8.63. The van der Waals surface area contributed by atoms with Crippen LogP contribution >= 0.6 is 35.3 Å². The van der Waals surface area contributed by atoms with Gasteiger partial charge in [0.25, 0.3) is 0 Å². The molecule has 2 aromatic rings. The van der Waals surface area contributed by atoms with Gasteiger partial charge < -0.3 is 10.6 Å². The van der Waals surface area contributed by atoms with Crippen LogP contribution in [0.15, 0.2) is 34.6 Å². The average molecular weight is 501 g/mol. The van der Waals surface area contributed by atoms with Crippen molar-refractivity contribution in [3.8, 4) is 0 Å². The molecule has 0 bridgehead atoms. The summed E-state index contributed by atoms with van der Waals surface area (Å²) in [5, 5.41) is 10.0. The number of halogens is 1. The van der Waals surface area contributed by atoms with Crippen LogP contribution in [0, 0.1) is 6.92 Å². The Kier molecular flexibility index (Phi) is 11.5. The Morgan fingerprint density at radius 2 is 1.85 bits per heavy atom. The zero-order valence-electron chi connectivity index (χ0n) is 16.8. The summed E-state index contributed by atoms with van der Waals surface area (Å²) in [6.07, 6.45) is 0.906. The highest BCUT2D eigenvalue weighted by Gasteiger charge is 2.07. The first-order valence-corrected chi connectivity index (χ1v) is 10.2. The van der Waals surface area contributed by atoms with Crippen molar-refractivity contribution in [2.24, 2.45) is 4.99 Å². The van der Waals surface area contributed by atoms with Gasteiger partial charge in [-0.2, -0.15) is 0 Å². The number of aliphatic imine (C=N–C) groups is 1. The monoisotopic (exact) mass is 501 g/mol. The average Bonchev–Trinajstić information content (AvgIpc) is 3.08. The minimum atomic E-state index is 0. The number of aromatic nitrogens is 1. The van der Waals surface area contributed by atoms with Gasteiger partial charge in [0.2, 0.25) is 0 Å². The highest BCUT2D eigenvalue weighted by atomic mass is 127. The number of hydrogen-bond donors (Lipinski definition) is 2. The second kappa shape index (κ2) is 13.1. The SMILES string of the molecule is CCN(CC)Cc1ccccc1CNC(=NC)NCCc1csc(C)n1.I. The number of aryl methyl sites for hydroxylation is 1. The first-order chi connectivity index (χ1) is 12.7. The third-order valence-electron chi connectivity index (χ3n) is 4.42. The fourth-order valence-corrected chi connectivity index (χ4v) is 3.45. The maximum Gasteiger partial charge on any atom is 0.191 e. The highest BCUT2D eigenvalue weighted by Crippen LogP contribution is 2.12. The van der Waals surface area contributed by atoms with Gasteiger partial charge >= 0.3 is 0 Å². The Morgan fingerprint density at radius 3 is 2.44 bits per heavy atom. The van der Waals surface area contributed by atoms with Gasteiger partial charge in [0.05, 0.1) is 10.7 Å². The van der Waals surface area contributed by atoms with E-state index in [1.165, 1.54) is 11.1 Å². The van der Waals surface area contributed by atoms with Crippen LogP contribution in [-0.4, -0.2) is 42.5 Å². The molecule has 0 unspecified atom stereocenters. The number of rotatable bonds is 9. The molecule has 0 atom stereocenters. The Labute approximate surface area is 184 Å². The van der Waals surface area contributed by atoms with Crippen LogP contribution in [0.25, 0.3) is 0 Å². The van der Waals surface area contributed by atoms with Crippen molar-refractivity contribution in [1.82, 2.24) is 20.5 Å². The summed E-state index contributed by atoms with van der Waals surface area (Å²) in [5.74, 6) is 0.828. The van der Waals surface area contributed by atoms with Crippen LogP contribution < -0.4 is 10.6 Å². The molecule has 0 aliphatic heterocycles. The second-order valence-corrected chi connectivity index (χ2v) is 7.25. The molecule has 0 radical (unpaired) electrons. The van der Waals surface area contributed by atoms with E-state index in [-0.39, 0.29) is 24.0 Å². The molecule has 1 aromatic carbocycles. The van der Waals surface area contributed by atoms with Crippen molar-refractivity contribution in [3.63, 3.8) is 0 Å². The van der Waals surface area contributed by atoms with Crippen LogP contribution in [-0.2, 0) is 19.5 Å². The zero-order chi connectivity index (χ0) is 18.8. The molecule has 0 fully saturated rings. The number of hydrogen-bond acceptors (Lipinski definition) is 4. The van der Waals surface area contributed by atoms with Crippen molar-refractivity contribution < 1.29 is 0 Å². The largest absolute Gasteiger partial charge is 0.356 e. The summed E-state index contributed by atoms with van der Waals surface area (Å²) >= 11 is 1.70. The van der Waals surface area contributed by atoms with Crippen LogP contribution in [0.4, 0.5) is 0 Å². The first kappa shape index (κ1) is 23.8. The predicted molar refractivity (Wildman–Crippen MR) is 127 cm³/mol. The minimum absolute atomic E-state index is 0. The van der Waals surface area contributed by atoms with E-state index in [1.54, 1.807) is 11.3 Å². The molecule has 0 aliphatic rings. The molecule has 27 heavy (non-hydrogen) atoms. The smallest absolute Gasteiger partial charge is 0.191 e. The molecule has 2 N–H and O–H groups in total. The summed E-state index contributed by atoms with van der Waals surface area (Å²) in [7, 11) is 1.81. The van der Waals surface area contributed by atoms with Gasteiger partial charge in [-0.15, -0.1) is 35.3 Å². The topological polar surface area (TPSA) is 52.5 Å². The van der Waals surface area contributed by atoms with Crippen molar-refractivity contribution in [2.75, 3.05) is 26.7 Å². The van der Waals surface area contributed by atoms with E-state index in [2.05, 4.69) is 69.0 Å². The molecule has 1 aromatic heterocycles. The van der Waals surface area contributed by atoms with Crippen molar-refractivity contribution in [2.45, 2.75) is 40.3 Å². The Balaban J connectivity index is 0.00000364. The highest BCUT2D eigenvalue weighted by molar-refractivity contribution is 14.0. The van der Waals surface area contributed by atoms with E-state index in [4.69, 9.17) is 0 Å². The van der Waals surface area contributed by atoms with E-state index in [9.17, 15) is 0 Å². The number of benzene rings is 1. The third-order valence-corrected chi connectivity index (χ3v) is 5.24. The molecule has 0 amide bonds. The lowest BCUT2D eigenvalue weighted by atomic mass is 10.1. The summed E-state index contributed by atoms with van der Waals surface area (Å²) < 4.78 is 0. The summed E-state index contributed by atoms with van der Waals surface area (Å²) in [6.45, 7) is 11.2. The Bertz CT molecular complexity index is 697. The quantitative estimate of drug-likeness (QED) is 0.312. The lowest BCUT2D eigenvalue weighted by Gasteiger charge is -2.20. The van der Waals surface area contributed by atoms with Gasteiger partial charge in [0.1, 0.15) is 0 Å². The molecule has 150 valence electrons. The second-order valence-electron chi connectivity index (χ2n) is 6.19. The van der Waals surface area contributed by atoms with Gasteiger partial charge in [0.15, 0.2) is 5.96 Å². The number of guanidine groups is 1. The first-order valence-electron chi connectivity index (χ1n) is 9.30. The van der Waals surface area contributed by atoms with Gasteiger partial charge in [-0.1, -0.05) is 38.1 Å². The van der Waals surface area contributed by atoms with E-state index >= 15 is 0 Å². The zero-order valence-corrected chi connectivity index (χ0v) is 19.9. The molecule has 0 saturated heterocycles. The fourth-order valence-electron chi connectivity index (χ4n) is 2.80. The predicted octanol–water partition coefficient (Wildman–Crippen LogP) is 3.82. The molecule has 2 rings (SSSR count). The number of thiazole rings is 1. The normalized spacial score (nSPS) is 11.4. The summed E-state index contributed by atoms with van der Waals surface area (Å²) in [5.41, 5.74) is 3.83. The van der Waals surface area contributed by atoms with E-state index < -0.39 is 0 Å². The summed E-state index contributed by atoms with van der Waals surface area (Å²) in [4.78, 5) is 11.3. The van der Waals surface area contributed by atoms with Gasteiger partial charge in [-0.3, -0.25) is 9.89 Å². The molecule has 0 saturated carbocycles. The third kappa shape index (κ3) is 8.15. The lowest BCUT2D eigenvalue weighted by molar-refractivity contribution is 0.295. The standard InChI is InChI=1S/C20H31N5S.HI/c1-5-25(6-2)14-18-10-8-7-9-17(18)13-23-20(21-4)22-12-11-19-15-26-16(3)24-19;/h7-10,15H,5-6,11-14H2,1-4H3,(H2,21,22,23);1H. The molecular weight excluding hydrogens is 469 g/mol. The van der Waals surface area contributed by atoms with Gasteiger partial charge in [0, 0.05) is 38.5 Å². The van der Waals surface area contributed by atoms with Crippen molar-refractivity contribution >= 4 is 41.3 Å². The lowest BCUT2D eigenvalue weighted by Crippen LogP contribution is -2.38. The van der Waals surface area contributed by atoms with Crippen LogP contribution in [0.5, 0.6) is 0 Å². The van der Waals surface area contributed by atoms with Crippen molar-refractivity contribution in [3.05, 3.63) is 51.5 Å². The minimum Gasteiger partial charge on any atom is -0.356 e. The van der Waals surface area contributed by atoms with Crippen LogP contribution in [0.3, 0.4) is 0 Å².